The van der Waals surface area contributed by atoms with Gasteiger partial charge in [0.2, 0.25) is 5.91 Å². The molecule has 0 fully saturated rings. The lowest BCUT2D eigenvalue weighted by atomic mass is 9.87. The van der Waals surface area contributed by atoms with E-state index in [0.29, 0.717) is 19.1 Å². The van der Waals surface area contributed by atoms with E-state index in [4.69, 9.17) is 4.74 Å². The molecule has 0 unspecified atom stereocenters. The van der Waals surface area contributed by atoms with Gasteiger partial charge >= 0.3 is 0 Å². The number of nitrogens with zero attached hydrogens (tertiary/aromatic N) is 1. The molecule has 6 heteroatoms. The highest BCUT2D eigenvalue weighted by atomic mass is 16.5. The number of ether oxygens (including phenoxy) is 1. The van der Waals surface area contributed by atoms with Gasteiger partial charge in [-0.2, -0.15) is 0 Å². The molecule has 1 amide bonds. The molecule has 136 valence electrons. The highest BCUT2D eigenvalue weighted by Gasteiger charge is 2.17. The number of rotatable bonds is 12. The molecule has 0 bridgehead atoms. The molecule has 0 saturated carbocycles. The van der Waals surface area contributed by atoms with E-state index in [9.17, 15) is 4.79 Å². The van der Waals surface area contributed by atoms with Crippen LogP contribution in [0.15, 0.2) is 4.99 Å². The van der Waals surface area contributed by atoms with Crippen LogP contribution in [0.5, 0.6) is 0 Å². The molecule has 0 rings (SSSR count). The number of carbonyl (C=O) groups is 1. The second-order valence-corrected chi connectivity index (χ2v) is 6.51. The number of hydrogen-bond acceptors (Lipinski definition) is 3. The van der Waals surface area contributed by atoms with Crippen LogP contribution in [0.3, 0.4) is 0 Å². The van der Waals surface area contributed by atoms with Crippen LogP contribution in [-0.4, -0.2) is 51.8 Å². The summed E-state index contributed by atoms with van der Waals surface area (Å²) < 4.78 is 4.90. The summed E-state index contributed by atoms with van der Waals surface area (Å²) >= 11 is 0. The minimum absolute atomic E-state index is 0.0959. The van der Waals surface area contributed by atoms with Crippen molar-refractivity contribution in [2.75, 3.05) is 39.9 Å². The molecule has 0 saturated heterocycles. The van der Waals surface area contributed by atoms with Crippen LogP contribution in [0.25, 0.3) is 0 Å². The van der Waals surface area contributed by atoms with Crippen molar-refractivity contribution < 1.29 is 9.53 Å². The summed E-state index contributed by atoms with van der Waals surface area (Å²) in [6, 6.07) is 0. The monoisotopic (exact) mass is 328 g/mol. The quantitative estimate of drug-likeness (QED) is 0.291. The molecule has 0 aromatic heterocycles. The van der Waals surface area contributed by atoms with Crippen LogP contribution in [0.2, 0.25) is 0 Å². The van der Waals surface area contributed by atoms with Crippen molar-refractivity contribution in [2.24, 2.45) is 10.4 Å². The fourth-order valence-corrected chi connectivity index (χ4v) is 2.11. The molecular weight excluding hydrogens is 292 g/mol. The summed E-state index contributed by atoms with van der Waals surface area (Å²) in [4.78, 5) is 16.0. The second-order valence-electron chi connectivity index (χ2n) is 6.51. The number of unbranched alkanes of at least 4 members (excludes halogenated alkanes) is 2. The summed E-state index contributed by atoms with van der Waals surface area (Å²) in [5.74, 6) is 0.597. The molecule has 0 aliphatic carbocycles. The van der Waals surface area contributed by atoms with Crippen molar-refractivity contribution in [1.82, 2.24) is 16.0 Å². The smallest absolute Gasteiger partial charge is 0.241 e. The number of nitrogens with one attached hydrogen (secondary N) is 3. The maximum absolute atomic E-state index is 11.7. The van der Waals surface area contributed by atoms with Gasteiger partial charge in [-0.3, -0.25) is 4.79 Å². The molecule has 0 aromatic carbocycles. The highest BCUT2D eigenvalue weighted by Crippen LogP contribution is 2.22. The topological polar surface area (TPSA) is 74.8 Å². The lowest BCUT2D eigenvalue weighted by Crippen LogP contribution is -2.42. The highest BCUT2D eigenvalue weighted by molar-refractivity contribution is 5.84. The molecular formula is C17H36N4O2. The Bertz CT molecular complexity index is 343. The van der Waals surface area contributed by atoms with Crippen LogP contribution < -0.4 is 16.0 Å². The minimum atomic E-state index is -0.0959. The van der Waals surface area contributed by atoms with E-state index in [1.807, 2.05) is 6.92 Å². The van der Waals surface area contributed by atoms with Crippen molar-refractivity contribution >= 4 is 11.9 Å². The Kier molecular flexibility index (Phi) is 12.4. The molecule has 0 heterocycles. The van der Waals surface area contributed by atoms with Gasteiger partial charge in [-0.15, -0.1) is 0 Å². The van der Waals surface area contributed by atoms with Crippen molar-refractivity contribution in [1.29, 1.82) is 0 Å². The SMILES string of the molecule is CCCCCC(C)(C)CNC(=NCC(=O)NCCOC)NCC. The van der Waals surface area contributed by atoms with Gasteiger partial charge in [0, 0.05) is 26.7 Å². The summed E-state index contributed by atoms with van der Waals surface area (Å²) in [5.41, 5.74) is 0.214. The van der Waals surface area contributed by atoms with Gasteiger partial charge in [0.25, 0.3) is 0 Å². The first-order valence-corrected chi connectivity index (χ1v) is 8.73. The molecule has 0 radical (unpaired) electrons. The van der Waals surface area contributed by atoms with E-state index < -0.39 is 0 Å². The minimum Gasteiger partial charge on any atom is -0.383 e. The first kappa shape index (κ1) is 21.7. The Morgan fingerprint density at radius 3 is 2.48 bits per heavy atom. The number of amides is 1. The maximum Gasteiger partial charge on any atom is 0.241 e. The van der Waals surface area contributed by atoms with E-state index in [-0.39, 0.29) is 17.9 Å². The largest absolute Gasteiger partial charge is 0.383 e. The van der Waals surface area contributed by atoms with Gasteiger partial charge in [0.05, 0.1) is 6.61 Å². The molecule has 0 aliphatic rings. The van der Waals surface area contributed by atoms with E-state index in [2.05, 4.69) is 41.7 Å². The predicted molar refractivity (Wildman–Crippen MR) is 96.8 cm³/mol. The van der Waals surface area contributed by atoms with Crippen LogP contribution in [0, 0.1) is 5.41 Å². The molecule has 23 heavy (non-hydrogen) atoms. The first-order chi connectivity index (χ1) is 10.9. The normalized spacial score (nSPS) is 12.1. The Morgan fingerprint density at radius 1 is 1.13 bits per heavy atom. The van der Waals surface area contributed by atoms with E-state index in [0.717, 1.165) is 13.1 Å². The third kappa shape index (κ3) is 12.9. The predicted octanol–water partition coefficient (Wildman–Crippen LogP) is 1.91. The zero-order valence-electron chi connectivity index (χ0n) is 15.6. The van der Waals surface area contributed by atoms with E-state index in [1.165, 1.54) is 25.7 Å². The molecule has 0 atom stereocenters. The number of carbonyl (C=O) groups excluding carboxylic acids is 1. The van der Waals surface area contributed by atoms with Crippen molar-refractivity contribution in [3.63, 3.8) is 0 Å². The zero-order valence-corrected chi connectivity index (χ0v) is 15.6. The molecule has 0 spiro atoms. The van der Waals surface area contributed by atoms with Crippen LogP contribution >= 0.6 is 0 Å². The summed E-state index contributed by atoms with van der Waals surface area (Å²) in [6.45, 7) is 11.5. The van der Waals surface area contributed by atoms with Crippen LogP contribution in [-0.2, 0) is 9.53 Å². The fraction of sp³-hybridized carbons (Fsp3) is 0.882. The lowest BCUT2D eigenvalue weighted by molar-refractivity contribution is -0.119. The number of aliphatic imine (C=N–C) groups is 1. The Hall–Kier alpha value is -1.30. The standard InChI is InChI=1S/C17H36N4O2/c1-6-8-9-10-17(3,4)14-21-16(18-7-2)20-13-15(22)19-11-12-23-5/h6-14H2,1-5H3,(H,19,22)(H2,18,20,21). The van der Waals surface area contributed by atoms with Crippen molar-refractivity contribution in [3.05, 3.63) is 0 Å². The first-order valence-electron chi connectivity index (χ1n) is 8.73. The van der Waals surface area contributed by atoms with Gasteiger partial charge in [-0.25, -0.2) is 4.99 Å². The lowest BCUT2D eigenvalue weighted by Gasteiger charge is -2.26. The Labute approximate surface area is 141 Å². The van der Waals surface area contributed by atoms with Gasteiger partial charge in [-0.1, -0.05) is 40.0 Å². The summed E-state index contributed by atoms with van der Waals surface area (Å²) in [6.07, 6.45) is 4.95. The molecule has 3 N–H and O–H groups in total. The average Bonchev–Trinajstić information content (AvgIpc) is 2.50. The van der Waals surface area contributed by atoms with Gasteiger partial charge in [-0.05, 0) is 18.8 Å². The number of guanidine groups is 1. The number of hydrogen-bond donors (Lipinski definition) is 3. The average molecular weight is 329 g/mol. The third-order valence-electron chi connectivity index (χ3n) is 3.54. The third-order valence-corrected chi connectivity index (χ3v) is 3.54. The molecule has 0 aliphatic heterocycles. The van der Waals surface area contributed by atoms with Crippen LogP contribution in [0.1, 0.15) is 53.4 Å². The fourth-order valence-electron chi connectivity index (χ4n) is 2.11. The molecule has 0 aromatic rings. The summed E-state index contributed by atoms with van der Waals surface area (Å²) in [5, 5.41) is 9.29. The van der Waals surface area contributed by atoms with Gasteiger partial charge in [0.1, 0.15) is 6.54 Å². The zero-order chi connectivity index (χ0) is 17.6. The van der Waals surface area contributed by atoms with Crippen molar-refractivity contribution in [3.8, 4) is 0 Å². The summed E-state index contributed by atoms with van der Waals surface area (Å²) in [7, 11) is 1.61. The second kappa shape index (κ2) is 13.2. The van der Waals surface area contributed by atoms with E-state index >= 15 is 0 Å². The van der Waals surface area contributed by atoms with Crippen LogP contribution in [0.4, 0.5) is 0 Å². The number of methoxy groups -OCH3 is 1. The Morgan fingerprint density at radius 2 is 1.87 bits per heavy atom. The van der Waals surface area contributed by atoms with E-state index in [1.54, 1.807) is 7.11 Å². The van der Waals surface area contributed by atoms with Gasteiger partial charge < -0.3 is 20.7 Å². The Balaban J connectivity index is 4.27. The van der Waals surface area contributed by atoms with Crippen molar-refractivity contribution in [2.45, 2.75) is 53.4 Å². The van der Waals surface area contributed by atoms with Gasteiger partial charge in [0.15, 0.2) is 5.96 Å². The molecule has 6 nitrogen and oxygen atoms in total. The maximum atomic E-state index is 11.7.